The molecule has 2 rings (SSSR count). The molecule has 0 saturated carbocycles. The number of carbonyl (C=O) groups is 2. The van der Waals surface area contributed by atoms with E-state index in [1.165, 1.54) is 0 Å². The van der Waals surface area contributed by atoms with Crippen molar-refractivity contribution in [1.82, 2.24) is 4.90 Å². The second-order valence-electron chi connectivity index (χ2n) is 6.80. The Balaban J connectivity index is 1.79. The van der Waals surface area contributed by atoms with Gasteiger partial charge in [-0.25, -0.2) is 0 Å². The van der Waals surface area contributed by atoms with Crippen LogP contribution >= 0.6 is 11.8 Å². The van der Waals surface area contributed by atoms with E-state index < -0.39 is 12.1 Å². The highest BCUT2D eigenvalue weighted by molar-refractivity contribution is 7.99. The smallest absolute Gasteiger partial charge is 0.303 e. The van der Waals surface area contributed by atoms with E-state index in [2.05, 4.69) is 0 Å². The van der Waals surface area contributed by atoms with Crippen molar-refractivity contribution in [2.24, 2.45) is 0 Å². The number of carbonyl (C=O) groups excluding carboxylic acids is 1. The van der Waals surface area contributed by atoms with Crippen LogP contribution in [-0.2, 0) is 16.0 Å². The summed E-state index contributed by atoms with van der Waals surface area (Å²) in [7, 11) is 0. The SMILES string of the molecule is O=C(O)CCCSCCN1C(=O)CCCC1/C=C/C(O)Cc1ccccc1. The second kappa shape index (κ2) is 11.8. The van der Waals surface area contributed by atoms with Gasteiger partial charge in [0.25, 0.3) is 0 Å². The molecule has 1 fully saturated rings. The normalized spacial score (nSPS) is 18.8. The maximum Gasteiger partial charge on any atom is 0.303 e. The van der Waals surface area contributed by atoms with Gasteiger partial charge >= 0.3 is 5.97 Å². The monoisotopic (exact) mass is 391 g/mol. The zero-order chi connectivity index (χ0) is 19.5. The lowest BCUT2D eigenvalue weighted by Crippen LogP contribution is -2.43. The number of rotatable bonds is 11. The number of hydrogen-bond donors (Lipinski definition) is 2. The van der Waals surface area contributed by atoms with Crippen LogP contribution in [0.1, 0.15) is 37.7 Å². The summed E-state index contributed by atoms with van der Waals surface area (Å²) >= 11 is 1.69. The number of likely N-dealkylation sites (tertiary alicyclic amines) is 1. The number of nitrogens with zero attached hydrogens (tertiary/aromatic N) is 1. The van der Waals surface area contributed by atoms with E-state index in [4.69, 9.17) is 5.11 Å². The molecule has 0 aromatic heterocycles. The van der Waals surface area contributed by atoms with E-state index in [9.17, 15) is 14.7 Å². The summed E-state index contributed by atoms with van der Waals surface area (Å²) in [6, 6.07) is 9.90. The minimum atomic E-state index is -0.763. The number of aliphatic hydroxyl groups excluding tert-OH is 1. The fourth-order valence-corrected chi connectivity index (χ4v) is 4.09. The van der Waals surface area contributed by atoms with Crippen molar-refractivity contribution in [3.63, 3.8) is 0 Å². The molecule has 1 amide bonds. The van der Waals surface area contributed by atoms with Gasteiger partial charge in [-0.15, -0.1) is 0 Å². The van der Waals surface area contributed by atoms with Crippen LogP contribution < -0.4 is 0 Å². The molecule has 2 N–H and O–H groups in total. The van der Waals surface area contributed by atoms with Gasteiger partial charge in [0.1, 0.15) is 0 Å². The third kappa shape index (κ3) is 8.18. The lowest BCUT2D eigenvalue weighted by Gasteiger charge is -2.34. The van der Waals surface area contributed by atoms with E-state index in [0.717, 1.165) is 29.9 Å². The van der Waals surface area contributed by atoms with Crippen LogP contribution in [0.5, 0.6) is 0 Å². The Kier molecular flexibility index (Phi) is 9.42. The van der Waals surface area contributed by atoms with Crippen molar-refractivity contribution in [3.05, 3.63) is 48.0 Å². The van der Waals surface area contributed by atoms with Gasteiger partial charge in [0, 0.05) is 31.6 Å². The third-order valence-electron chi connectivity index (χ3n) is 4.61. The first-order valence-corrected chi connectivity index (χ1v) is 10.7. The fourth-order valence-electron chi connectivity index (χ4n) is 3.21. The van der Waals surface area contributed by atoms with Crippen LogP contribution in [0.4, 0.5) is 0 Å². The lowest BCUT2D eigenvalue weighted by atomic mass is 10.00. The summed E-state index contributed by atoms with van der Waals surface area (Å²) in [5, 5.41) is 18.9. The number of amides is 1. The Hall–Kier alpha value is -1.79. The molecule has 0 aliphatic carbocycles. The Labute approximate surface area is 165 Å². The molecule has 1 saturated heterocycles. The largest absolute Gasteiger partial charge is 0.481 e. The summed E-state index contributed by atoms with van der Waals surface area (Å²) < 4.78 is 0. The van der Waals surface area contributed by atoms with Crippen molar-refractivity contribution in [2.75, 3.05) is 18.1 Å². The zero-order valence-corrected chi connectivity index (χ0v) is 16.4. The van der Waals surface area contributed by atoms with Crippen LogP contribution in [0, 0.1) is 0 Å². The van der Waals surface area contributed by atoms with E-state index in [0.29, 0.717) is 25.8 Å². The van der Waals surface area contributed by atoms with Crippen molar-refractivity contribution in [3.8, 4) is 0 Å². The predicted octanol–water partition coefficient (Wildman–Crippen LogP) is 3.13. The van der Waals surface area contributed by atoms with Crippen LogP contribution in [0.25, 0.3) is 0 Å². The molecular weight excluding hydrogens is 362 g/mol. The van der Waals surface area contributed by atoms with Gasteiger partial charge in [-0.05, 0) is 30.6 Å². The first kappa shape index (κ1) is 21.5. The van der Waals surface area contributed by atoms with Gasteiger partial charge in [0.2, 0.25) is 5.91 Å². The minimum absolute atomic E-state index is 0.0382. The predicted molar refractivity (Wildman–Crippen MR) is 109 cm³/mol. The van der Waals surface area contributed by atoms with Crippen molar-refractivity contribution >= 4 is 23.6 Å². The average molecular weight is 392 g/mol. The summed E-state index contributed by atoms with van der Waals surface area (Å²) in [5.41, 5.74) is 1.09. The Bertz CT molecular complexity index is 620. The quantitative estimate of drug-likeness (QED) is 0.448. The summed E-state index contributed by atoms with van der Waals surface area (Å²) in [5.74, 6) is 1.01. The molecule has 1 aliphatic heterocycles. The molecule has 2 atom stereocenters. The van der Waals surface area contributed by atoms with Gasteiger partial charge in [0.05, 0.1) is 12.1 Å². The number of aliphatic hydroxyl groups is 1. The van der Waals surface area contributed by atoms with E-state index in [1.54, 1.807) is 11.8 Å². The van der Waals surface area contributed by atoms with Crippen LogP contribution in [0.2, 0.25) is 0 Å². The van der Waals surface area contributed by atoms with Gasteiger partial charge in [0.15, 0.2) is 0 Å². The molecule has 6 heteroatoms. The summed E-state index contributed by atoms with van der Waals surface area (Å²) in [6.07, 6.45) is 7.02. The molecule has 0 radical (unpaired) electrons. The number of thioether (sulfide) groups is 1. The van der Waals surface area contributed by atoms with Gasteiger partial charge in [-0.1, -0.05) is 42.5 Å². The van der Waals surface area contributed by atoms with Crippen molar-refractivity contribution in [1.29, 1.82) is 0 Å². The zero-order valence-electron chi connectivity index (χ0n) is 15.6. The molecule has 1 aromatic carbocycles. The molecule has 5 nitrogen and oxygen atoms in total. The number of carboxylic acids is 1. The lowest BCUT2D eigenvalue weighted by molar-refractivity contribution is -0.137. The molecule has 1 aliphatic rings. The van der Waals surface area contributed by atoms with Crippen LogP contribution in [0.3, 0.4) is 0 Å². The Morgan fingerprint density at radius 3 is 2.81 bits per heavy atom. The maximum absolute atomic E-state index is 12.3. The summed E-state index contributed by atoms with van der Waals surface area (Å²) in [6.45, 7) is 0.667. The molecule has 2 unspecified atom stereocenters. The van der Waals surface area contributed by atoms with Crippen molar-refractivity contribution < 1.29 is 19.8 Å². The highest BCUT2D eigenvalue weighted by Crippen LogP contribution is 2.20. The fraction of sp³-hybridized carbons (Fsp3) is 0.524. The van der Waals surface area contributed by atoms with E-state index in [1.807, 2.05) is 47.4 Å². The van der Waals surface area contributed by atoms with Crippen LogP contribution in [-0.4, -0.2) is 57.2 Å². The molecular formula is C21H29NO4S. The third-order valence-corrected chi connectivity index (χ3v) is 5.66. The highest BCUT2D eigenvalue weighted by atomic mass is 32.2. The molecule has 1 heterocycles. The number of hydrogen-bond acceptors (Lipinski definition) is 4. The molecule has 148 valence electrons. The maximum atomic E-state index is 12.3. The Morgan fingerprint density at radius 1 is 1.30 bits per heavy atom. The highest BCUT2D eigenvalue weighted by Gasteiger charge is 2.25. The molecule has 1 aromatic rings. The van der Waals surface area contributed by atoms with E-state index >= 15 is 0 Å². The van der Waals surface area contributed by atoms with Gasteiger partial charge < -0.3 is 15.1 Å². The topological polar surface area (TPSA) is 77.8 Å². The number of piperidine rings is 1. The number of carboxylic acid groups (broad SMARTS) is 1. The minimum Gasteiger partial charge on any atom is -0.481 e. The van der Waals surface area contributed by atoms with Crippen molar-refractivity contribution in [2.45, 2.75) is 50.7 Å². The number of benzene rings is 1. The molecule has 0 spiro atoms. The first-order valence-electron chi connectivity index (χ1n) is 9.55. The van der Waals surface area contributed by atoms with E-state index in [-0.39, 0.29) is 18.4 Å². The second-order valence-corrected chi connectivity index (χ2v) is 8.02. The molecule has 0 bridgehead atoms. The van der Waals surface area contributed by atoms with Gasteiger partial charge in [-0.3, -0.25) is 9.59 Å². The Morgan fingerprint density at radius 2 is 2.07 bits per heavy atom. The average Bonchev–Trinajstić information content (AvgIpc) is 2.65. The van der Waals surface area contributed by atoms with Gasteiger partial charge in [-0.2, -0.15) is 11.8 Å². The number of aliphatic carboxylic acids is 1. The summed E-state index contributed by atoms with van der Waals surface area (Å²) in [4.78, 5) is 24.7. The standard InChI is InChI=1S/C21H29NO4S/c23-19(16-17-6-2-1-3-7-17)12-11-18-8-4-9-20(24)22(18)13-15-27-14-5-10-21(25)26/h1-3,6-7,11-12,18-19,23H,4-5,8-10,13-16H2,(H,25,26)/b12-11+. The first-order chi connectivity index (χ1) is 13.1. The van der Waals surface area contributed by atoms with Crippen LogP contribution in [0.15, 0.2) is 42.5 Å². The molecule has 27 heavy (non-hydrogen) atoms.